The number of rotatable bonds is 7. The van der Waals surface area contributed by atoms with E-state index in [0.717, 1.165) is 11.3 Å². The van der Waals surface area contributed by atoms with E-state index in [-0.39, 0.29) is 5.69 Å². The first-order valence-electron chi connectivity index (χ1n) is 8.55. The zero-order chi connectivity index (χ0) is 20.8. The first kappa shape index (κ1) is 19.7. The van der Waals surface area contributed by atoms with E-state index >= 15 is 0 Å². The second-order valence-electron chi connectivity index (χ2n) is 6.07. The maximum atomic E-state index is 10.7. The van der Waals surface area contributed by atoms with E-state index in [0.29, 0.717) is 35.1 Å². The number of hydrazone groups is 1. The molecule has 0 amide bonds. The van der Waals surface area contributed by atoms with E-state index in [9.17, 15) is 15.4 Å². The highest BCUT2D eigenvalue weighted by Crippen LogP contribution is 2.24. The van der Waals surface area contributed by atoms with Gasteiger partial charge in [-0.05, 0) is 37.3 Å². The van der Waals surface area contributed by atoms with Gasteiger partial charge in [-0.1, -0.05) is 0 Å². The number of nitrogens with zero attached hydrogens (tertiary/aromatic N) is 4. The molecule has 146 valence electrons. The fraction of sp³-hybridized carbons (Fsp3) is 0.150. The van der Waals surface area contributed by atoms with Crippen molar-refractivity contribution in [2.45, 2.75) is 13.5 Å². The van der Waals surface area contributed by atoms with Crippen molar-refractivity contribution in [3.63, 3.8) is 0 Å². The van der Waals surface area contributed by atoms with Crippen molar-refractivity contribution < 1.29 is 14.1 Å². The molecule has 2 heterocycles. The third-order valence-electron chi connectivity index (χ3n) is 3.99. The average molecular weight is 391 g/mol. The van der Waals surface area contributed by atoms with Crippen LogP contribution in [0.15, 0.2) is 52.0 Å². The molecule has 1 aromatic carbocycles. The number of aryl methyl sites for hydroxylation is 1. The first-order valence-corrected chi connectivity index (χ1v) is 8.55. The van der Waals surface area contributed by atoms with E-state index in [2.05, 4.69) is 21.6 Å². The fourth-order valence-electron chi connectivity index (χ4n) is 2.70. The lowest BCUT2D eigenvalue weighted by molar-refractivity contribution is -0.384. The van der Waals surface area contributed by atoms with Crippen LogP contribution in [0, 0.1) is 28.4 Å². The van der Waals surface area contributed by atoms with Crippen molar-refractivity contribution in [3.05, 3.63) is 75.2 Å². The fourth-order valence-corrected chi connectivity index (χ4v) is 2.70. The van der Waals surface area contributed by atoms with Crippen LogP contribution in [0.2, 0.25) is 0 Å². The minimum absolute atomic E-state index is 0.0121. The lowest BCUT2D eigenvalue weighted by Gasteiger charge is -2.08. The lowest BCUT2D eigenvalue weighted by atomic mass is 10.1. The van der Waals surface area contributed by atoms with E-state index in [1.165, 1.54) is 18.3 Å². The van der Waals surface area contributed by atoms with Gasteiger partial charge < -0.3 is 9.15 Å². The van der Waals surface area contributed by atoms with Crippen LogP contribution >= 0.6 is 0 Å². The topological polar surface area (TPSA) is 127 Å². The Balaban J connectivity index is 1.75. The molecule has 3 aromatic rings. The van der Waals surface area contributed by atoms with Crippen LogP contribution in [0.3, 0.4) is 0 Å². The molecule has 29 heavy (non-hydrogen) atoms. The van der Waals surface area contributed by atoms with Crippen LogP contribution in [0.1, 0.15) is 22.6 Å². The van der Waals surface area contributed by atoms with Gasteiger partial charge >= 0.3 is 0 Å². The number of non-ortho nitro benzene ring substituents is 1. The summed E-state index contributed by atoms with van der Waals surface area (Å²) in [4.78, 5) is 14.6. The summed E-state index contributed by atoms with van der Waals surface area (Å²) in [6, 6.07) is 13.4. The Bertz CT molecular complexity index is 1100. The molecule has 0 radical (unpaired) electrons. The quantitative estimate of drug-likeness (QED) is 0.366. The van der Waals surface area contributed by atoms with Gasteiger partial charge in [-0.25, -0.2) is 4.98 Å². The summed E-state index contributed by atoms with van der Waals surface area (Å²) in [6.07, 6.45) is 1.45. The number of nitro benzene ring substituents is 1. The standard InChI is InChI=1S/C20H17N5O4/c1-13-9-15(12-28-2)18(10-21)20(23-13)24-22-11-17-7-8-19(29-17)14-3-5-16(6-4-14)25(26)27/h3-9,11H,12H2,1-2H3,(H,23,24)/b22-11+. The van der Waals surface area contributed by atoms with Crippen molar-refractivity contribution in [3.8, 4) is 17.4 Å². The molecule has 0 atom stereocenters. The molecule has 0 aliphatic carbocycles. The number of aromatic nitrogens is 1. The molecule has 0 saturated heterocycles. The molecule has 9 nitrogen and oxygen atoms in total. The van der Waals surface area contributed by atoms with Gasteiger partial charge in [0, 0.05) is 36.1 Å². The summed E-state index contributed by atoms with van der Waals surface area (Å²) < 4.78 is 10.8. The molecule has 9 heteroatoms. The zero-order valence-electron chi connectivity index (χ0n) is 15.7. The van der Waals surface area contributed by atoms with Crippen molar-refractivity contribution >= 4 is 17.7 Å². The van der Waals surface area contributed by atoms with Gasteiger partial charge in [0.15, 0.2) is 5.82 Å². The number of benzene rings is 1. The number of nitriles is 1. The van der Waals surface area contributed by atoms with Crippen LogP contribution in [0.4, 0.5) is 11.5 Å². The highest BCUT2D eigenvalue weighted by atomic mass is 16.6. The Hall–Kier alpha value is -4.03. The Morgan fingerprint density at radius 3 is 2.76 bits per heavy atom. The highest BCUT2D eigenvalue weighted by Gasteiger charge is 2.11. The number of methoxy groups -OCH3 is 1. The molecular weight excluding hydrogens is 374 g/mol. The monoisotopic (exact) mass is 391 g/mol. The van der Waals surface area contributed by atoms with E-state index < -0.39 is 4.92 Å². The summed E-state index contributed by atoms with van der Waals surface area (Å²) >= 11 is 0. The molecule has 1 N–H and O–H groups in total. The predicted octanol–water partition coefficient (Wildman–Crippen LogP) is 4.02. The first-order chi connectivity index (χ1) is 14.0. The summed E-state index contributed by atoms with van der Waals surface area (Å²) in [5.41, 5.74) is 5.30. The molecular formula is C20H17N5O4. The third-order valence-corrected chi connectivity index (χ3v) is 3.99. The minimum Gasteiger partial charge on any atom is -0.455 e. The summed E-state index contributed by atoms with van der Waals surface area (Å²) in [5, 5.41) is 24.3. The normalized spacial score (nSPS) is 10.8. The van der Waals surface area contributed by atoms with Crippen LogP contribution in [-0.2, 0) is 11.3 Å². The van der Waals surface area contributed by atoms with Crippen LogP contribution < -0.4 is 5.43 Å². The zero-order valence-corrected chi connectivity index (χ0v) is 15.7. The van der Waals surface area contributed by atoms with Crippen LogP contribution in [0.25, 0.3) is 11.3 Å². The SMILES string of the molecule is COCc1cc(C)nc(N/N=C/c2ccc(-c3ccc([N+](=O)[O-])cc3)o2)c1C#N. The molecule has 0 aliphatic rings. The Kier molecular flexibility index (Phi) is 5.97. The van der Waals surface area contributed by atoms with Crippen molar-refractivity contribution in [1.82, 2.24) is 4.98 Å². The molecule has 0 aliphatic heterocycles. The molecule has 3 rings (SSSR count). The largest absolute Gasteiger partial charge is 0.455 e. The average Bonchev–Trinajstić information content (AvgIpc) is 3.17. The molecule has 0 unspecified atom stereocenters. The maximum absolute atomic E-state index is 10.7. The number of hydrogen-bond donors (Lipinski definition) is 1. The molecule has 0 saturated carbocycles. The second kappa shape index (κ2) is 8.77. The smallest absolute Gasteiger partial charge is 0.269 e. The molecule has 0 bridgehead atoms. The highest BCUT2D eigenvalue weighted by molar-refractivity contribution is 5.78. The third kappa shape index (κ3) is 4.63. The molecule has 0 spiro atoms. The summed E-state index contributed by atoms with van der Waals surface area (Å²) in [6.45, 7) is 2.11. The van der Waals surface area contributed by atoms with E-state index in [1.54, 1.807) is 37.4 Å². The van der Waals surface area contributed by atoms with Gasteiger partial charge in [-0.15, -0.1) is 0 Å². The van der Waals surface area contributed by atoms with Gasteiger partial charge in [0.2, 0.25) is 0 Å². The van der Waals surface area contributed by atoms with Gasteiger partial charge in [0.05, 0.1) is 17.7 Å². The summed E-state index contributed by atoms with van der Waals surface area (Å²) in [7, 11) is 1.56. The number of hydrogen-bond acceptors (Lipinski definition) is 8. The number of ether oxygens (including phenoxy) is 1. The summed E-state index contributed by atoms with van der Waals surface area (Å²) in [5.74, 6) is 1.35. The molecule has 0 fully saturated rings. The Labute approximate surface area is 166 Å². The van der Waals surface area contributed by atoms with Gasteiger partial charge in [-0.2, -0.15) is 10.4 Å². The lowest BCUT2D eigenvalue weighted by Crippen LogP contribution is -2.03. The van der Waals surface area contributed by atoms with Gasteiger partial charge in [-0.3, -0.25) is 15.5 Å². The van der Waals surface area contributed by atoms with E-state index in [4.69, 9.17) is 9.15 Å². The Morgan fingerprint density at radius 2 is 2.10 bits per heavy atom. The van der Waals surface area contributed by atoms with E-state index in [1.807, 2.05) is 6.92 Å². The van der Waals surface area contributed by atoms with Crippen molar-refractivity contribution in [2.75, 3.05) is 12.5 Å². The van der Waals surface area contributed by atoms with Gasteiger partial charge in [0.25, 0.3) is 5.69 Å². The maximum Gasteiger partial charge on any atom is 0.269 e. The number of furan rings is 1. The minimum atomic E-state index is -0.456. The predicted molar refractivity (Wildman–Crippen MR) is 106 cm³/mol. The number of nitro groups is 1. The van der Waals surface area contributed by atoms with Crippen LogP contribution in [0.5, 0.6) is 0 Å². The molecule has 2 aromatic heterocycles. The number of anilines is 1. The number of nitrogens with one attached hydrogen (secondary N) is 1. The Morgan fingerprint density at radius 1 is 1.34 bits per heavy atom. The number of pyridine rings is 1. The van der Waals surface area contributed by atoms with Crippen molar-refractivity contribution in [2.24, 2.45) is 5.10 Å². The van der Waals surface area contributed by atoms with Crippen molar-refractivity contribution in [1.29, 1.82) is 5.26 Å². The van der Waals surface area contributed by atoms with Gasteiger partial charge in [0.1, 0.15) is 23.2 Å². The second-order valence-corrected chi connectivity index (χ2v) is 6.07. The van der Waals surface area contributed by atoms with Crippen LogP contribution in [-0.4, -0.2) is 23.2 Å².